The number of aryl methyl sites for hydroxylation is 2. The lowest BCUT2D eigenvalue weighted by molar-refractivity contribution is -0.117. The Labute approximate surface area is 196 Å². The fraction of sp³-hybridized carbons (Fsp3) is 0.304. The molecule has 0 saturated heterocycles. The van der Waals surface area contributed by atoms with Crippen molar-refractivity contribution < 1.29 is 4.79 Å². The van der Waals surface area contributed by atoms with Crippen LogP contribution in [0.15, 0.2) is 36.7 Å². The second-order valence-corrected chi connectivity index (χ2v) is 9.22. The number of nitrogens with one attached hydrogen (secondary N) is 3. The molecule has 9 nitrogen and oxygen atoms in total. The molecule has 0 atom stereocenters. The maximum Gasteiger partial charge on any atom is 0.228 e. The molecule has 1 amide bonds. The molecule has 1 aliphatic rings. The third-order valence-corrected chi connectivity index (χ3v) is 6.36. The number of anilines is 4. The van der Waals surface area contributed by atoms with Crippen LogP contribution in [0.25, 0.3) is 16.9 Å². The van der Waals surface area contributed by atoms with E-state index in [1.54, 1.807) is 11.9 Å². The SMILES string of the molecule is CSN(C)c1cc(-n2cc(C)cn2)ccc1Nc1cc(NC(=O)C2CC2)nc2nc(C)[nH]c12. The van der Waals surface area contributed by atoms with Crippen molar-refractivity contribution in [3.05, 3.63) is 48.0 Å². The van der Waals surface area contributed by atoms with Crippen molar-refractivity contribution >= 4 is 51.9 Å². The predicted molar refractivity (Wildman–Crippen MR) is 133 cm³/mol. The Morgan fingerprint density at radius 3 is 2.73 bits per heavy atom. The monoisotopic (exact) mass is 462 g/mol. The Kier molecular flexibility index (Phi) is 5.45. The second kappa shape index (κ2) is 8.43. The van der Waals surface area contributed by atoms with Gasteiger partial charge < -0.3 is 19.9 Å². The smallest absolute Gasteiger partial charge is 0.228 e. The van der Waals surface area contributed by atoms with Gasteiger partial charge in [0, 0.05) is 31.5 Å². The highest BCUT2D eigenvalue weighted by Gasteiger charge is 2.30. The first-order chi connectivity index (χ1) is 15.9. The molecule has 5 rings (SSSR count). The topological polar surface area (TPSA) is 104 Å². The minimum atomic E-state index is 0.0155. The van der Waals surface area contributed by atoms with Crippen molar-refractivity contribution in [1.29, 1.82) is 0 Å². The molecule has 0 spiro atoms. The van der Waals surface area contributed by atoms with Crippen LogP contribution in [0.2, 0.25) is 0 Å². The van der Waals surface area contributed by atoms with Gasteiger partial charge in [0.25, 0.3) is 0 Å². The lowest BCUT2D eigenvalue weighted by Gasteiger charge is -2.22. The highest BCUT2D eigenvalue weighted by molar-refractivity contribution is 7.99. The van der Waals surface area contributed by atoms with Crippen LogP contribution in [0.5, 0.6) is 0 Å². The molecule has 0 aliphatic heterocycles. The number of H-pyrrole nitrogens is 1. The molecule has 1 saturated carbocycles. The Hall–Kier alpha value is -3.53. The standard InChI is InChI=1S/C23H26N8OS/c1-13-11-24-31(12-13)16-7-8-17(19(9-16)30(3)33-4)27-18-10-20(29-23(32)15-5-6-15)28-22-21(18)25-14(2)26-22/h7-12,15H,5-6H2,1-4H3,(H3,25,26,27,28,29,32). The van der Waals surface area contributed by atoms with Gasteiger partial charge in [0.15, 0.2) is 5.65 Å². The number of nitrogens with zero attached hydrogens (tertiary/aromatic N) is 5. The Morgan fingerprint density at radius 1 is 1.21 bits per heavy atom. The molecule has 3 N–H and O–H groups in total. The van der Waals surface area contributed by atoms with Crippen LogP contribution in [-0.2, 0) is 4.79 Å². The molecular formula is C23H26N8OS. The molecule has 3 heterocycles. The molecule has 0 unspecified atom stereocenters. The largest absolute Gasteiger partial charge is 0.352 e. The second-order valence-electron chi connectivity index (χ2n) is 8.31. The highest BCUT2D eigenvalue weighted by atomic mass is 32.2. The van der Waals surface area contributed by atoms with E-state index in [0.717, 1.165) is 52.5 Å². The number of aromatic nitrogens is 5. The van der Waals surface area contributed by atoms with E-state index in [0.29, 0.717) is 11.5 Å². The van der Waals surface area contributed by atoms with Crippen molar-refractivity contribution in [2.24, 2.45) is 5.92 Å². The van der Waals surface area contributed by atoms with E-state index in [1.165, 1.54) is 0 Å². The first-order valence-corrected chi connectivity index (χ1v) is 12.0. The number of carbonyl (C=O) groups excluding carboxylic acids is 1. The van der Waals surface area contributed by atoms with Crippen molar-refractivity contribution in [1.82, 2.24) is 24.7 Å². The fourth-order valence-electron chi connectivity index (χ4n) is 3.67. The molecule has 33 heavy (non-hydrogen) atoms. The number of aromatic amines is 1. The molecule has 1 aliphatic carbocycles. The van der Waals surface area contributed by atoms with Gasteiger partial charge in [-0.25, -0.2) is 14.6 Å². The van der Waals surface area contributed by atoms with Crippen LogP contribution in [0.1, 0.15) is 24.2 Å². The molecule has 3 aromatic heterocycles. The number of rotatable bonds is 7. The third kappa shape index (κ3) is 4.38. The summed E-state index contributed by atoms with van der Waals surface area (Å²) in [5.74, 6) is 1.37. The van der Waals surface area contributed by atoms with Gasteiger partial charge in [-0.1, -0.05) is 11.9 Å². The Balaban J connectivity index is 1.54. The summed E-state index contributed by atoms with van der Waals surface area (Å²) in [5, 5.41) is 10.9. The van der Waals surface area contributed by atoms with E-state index in [1.807, 2.05) is 62.4 Å². The van der Waals surface area contributed by atoms with E-state index >= 15 is 0 Å². The summed E-state index contributed by atoms with van der Waals surface area (Å²) >= 11 is 1.62. The Morgan fingerprint density at radius 2 is 2.03 bits per heavy atom. The average Bonchev–Trinajstić information content (AvgIpc) is 3.46. The maximum absolute atomic E-state index is 12.3. The summed E-state index contributed by atoms with van der Waals surface area (Å²) in [6.07, 6.45) is 7.75. The zero-order valence-corrected chi connectivity index (χ0v) is 19.8. The van der Waals surface area contributed by atoms with E-state index in [4.69, 9.17) is 0 Å². The summed E-state index contributed by atoms with van der Waals surface area (Å²) in [6, 6.07) is 8.01. The quantitative estimate of drug-likeness (QED) is 0.346. The lowest BCUT2D eigenvalue weighted by atomic mass is 10.2. The van der Waals surface area contributed by atoms with Gasteiger partial charge >= 0.3 is 0 Å². The van der Waals surface area contributed by atoms with Crippen LogP contribution >= 0.6 is 11.9 Å². The van der Waals surface area contributed by atoms with E-state index < -0.39 is 0 Å². The number of pyridine rings is 1. The summed E-state index contributed by atoms with van der Waals surface area (Å²) in [7, 11) is 2.02. The molecular weight excluding hydrogens is 436 g/mol. The number of imidazole rings is 1. The molecule has 1 fully saturated rings. The predicted octanol–water partition coefficient (Wildman–Crippen LogP) is 4.57. The number of hydrogen-bond acceptors (Lipinski definition) is 7. The van der Waals surface area contributed by atoms with Crippen molar-refractivity contribution in [3.8, 4) is 5.69 Å². The van der Waals surface area contributed by atoms with Crippen molar-refractivity contribution in [2.45, 2.75) is 26.7 Å². The van der Waals surface area contributed by atoms with Gasteiger partial charge in [0.1, 0.15) is 17.2 Å². The van der Waals surface area contributed by atoms with Crippen LogP contribution in [0.3, 0.4) is 0 Å². The average molecular weight is 463 g/mol. The van der Waals surface area contributed by atoms with Gasteiger partial charge in [0.2, 0.25) is 5.91 Å². The molecule has 1 aromatic carbocycles. The Bertz CT molecular complexity index is 1340. The zero-order chi connectivity index (χ0) is 23.1. The number of benzene rings is 1. The van der Waals surface area contributed by atoms with Gasteiger partial charge in [-0.2, -0.15) is 5.10 Å². The van der Waals surface area contributed by atoms with E-state index in [-0.39, 0.29) is 11.8 Å². The summed E-state index contributed by atoms with van der Waals surface area (Å²) in [4.78, 5) is 24.6. The molecule has 10 heteroatoms. The fourth-order valence-corrected chi connectivity index (χ4v) is 4.01. The molecule has 4 aromatic rings. The first-order valence-electron chi connectivity index (χ1n) is 10.8. The van der Waals surface area contributed by atoms with E-state index in [9.17, 15) is 4.79 Å². The normalized spacial score (nSPS) is 13.3. The maximum atomic E-state index is 12.3. The number of fused-ring (bicyclic) bond motifs is 1. The van der Waals surface area contributed by atoms with Crippen LogP contribution in [-0.4, -0.2) is 43.9 Å². The molecule has 0 bridgehead atoms. The summed E-state index contributed by atoms with van der Waals surface area (Å²) < 4.78 is 3.96. The van der Waals surface area contributed by atoms with Gasteiger partial charge in [-0.05, 0) is 50.5 Å². The van der Waals surface area contributed by atoms with Crippen LogP contribution in [0.4, 0.5) is 22.9 Å². The lowest BCUT2D eigenvalue weighted by Crippen LogP contribution is -2.14. The minimum Gasteiger partial charge on any atom is -0.352 e. The van der Waals surface area contributed by atoms with Gasteiger partial charge in [-0.3, -0.25) is 4.79 Å². The van der Waals surface area contributed by atoms with Crippen molar-refractivity contribution in [2.75, 3.05) is 28.2 Å². The van der Waals surface area contributed by atoms with Gasteiger partial charge in [0.05, 0.1) is 28.9 Å². The molecule has 170 valence electrons. The first kappa shape index (κ1) is 21.3. The number of amides is 1. The van der Waals surface area contributed by atoms with Crippen LogP contribution in [0, 0.1) is 19.8 Å². The minimum absolute atomic E-state index is 0.0155. The zero-order valence-electron chi connectivity index (χ0n) is 19.0. The third-order valence-electron chi connectivity index (χ3n) is 5.62. The number of hydrogen-bond donors (Lipinski definition) is 3. The van der Waals surface area contributed by atoms with Gasteiger partial charge in [-0.15, -0.1) is 0 Å². The highest BCUT2D eigenvalue weighted by Crippen LogP contribution is 2.36. The number of carbonyl (C=O) groups is 1. The summed E-state index contributed by atoms with van der Waals surface area (Å²) in [5.41, 5.74) is 6.14. The van der Waals surface area contributed by atoms with Crippen LogP contribution < -0.4 is 14.9 Å². The van der Waals surface area contributed by atoms with Crippen molar-refractivity contribution in [3.63, 3.8) is 0 Å². The van der Waals surface area contributed by atoms with E-state index in [2.05, 4.69) is 41.1 Å². The molecule has 0 radical (unpaired) electrons. The summed E-state index contributed by atoms with van der Waals surface area (Å²) in [6.45, 7) is 3.91.